The van der Waals surface area contributed by atoms with Gasteiger partial charge in [-0.1, -0.05) is 0 Å². The van der Waals surface area contributed by atoms with Gasteiger partial charge >= 0.3 is 52.0 Å². The third kappa shape index (κ3) is 5.64. The maximum atomic E-state index is 12.0. The van der Waals surface area contributed by atoms with Crippen molar-refractivity contribution in [3.63, 3.8) is 0 Å². The number of halogens is 6. The number of rotatable bonds is 3. The van der Waals surface area contributed by atoms with Crippen LogP contribution in [0.15, 0.2) is 5.16 Å². The van der Waals surface area contributed by atoms with Gasteiger partial charge in [0.05, 0.1) is 5.82 Å². The zero-order chi connectivity index (χ0) is 14.2. The van der Waals surface area contributed by atoms with E-state index in [-0.39, 0.29) is 29.6 Å². The molecular formula is C5H2F6N3NaO3S. The van der Waals surface area contributed by atoms with Gasteiger partial charge in [-0.2, -0.15) is 34.8 Å². The molecule has 14 heteroatoms. The molecule has 0 bridgehead atoms. The molecule has 0 fully saturated rings. The van der Waals surface area contributed by atoms with Crippen molar-refractivity contribution in [2.24, 2.45) is 0 Å². The Kier molecular flexibility index (Phi) is 5.83. The third-order valence-corrected chi connectivity index (χ3v) is 2.34. The minimum Gasteiger partial charge on any atom is -0.344 e. The van der Waals surface area contributed by atoms with Crippen molar-refractivity contribution >= 4 is 10.1 Å². The van der Waals surface area contributed by atoms with E-state index in [2.05, 4.69) is 19.4 Å². The van der Waals surface area contributed by atoms with Crippen LogP contribution in [0.5, 0.6) is 0 Å². The Bertz CT molecular complexity index is 523. The SMILES string of the molecule is O=S(=O)(OCC(F)(F)F)c1nnc(C(F)(F)F)[n-]1.[Na+]. The maximum Gasteiger partial charge on any atom is 1.00 e. The molecule has 1 aromatic rings. The maximum absolute atomic E-state index is 12.0. The van der Waals surface area contributed by atoms with Crippen LogP contribution in [0, 0.1) is 0 Å². The van der Waals surface area contributed by atoms with Gasteiger partial charge in [0.1, 0.15) is 5.16 Å². The third-order valence-electron chi connectivity index (χ3n) is 1.29. The summed E-state index contributed by atoms with van der Waals surface area (Å²) in [6.45, 7) is -2.20. The molecule has 19 heavy (non-hydrogen) atoms. The Morgan fingerprint density at radius 1 is 1.11 bits per heavy atom. The first-order chi connectivity index (χ1) is 7.92. The van der Waals surface area contributed by atoms with Gasteiger partial charge in [0.25, 0.3) is 0 Å². The van der Waals surface area contributed by atoms with Crippen LogP contribution in [-0.2, 0) is 20.5 Å². The molecule has 0 N–H and O–H groups in total. The molecule has 0 aliphatic rings. The van der Waals surface area contributed by atoms with Crippen LogP contribution < -0.4 is 34.5 Å². The Labute approximate surface area is 123 Å². The molecule has 0 atom stereocenters. The predicted octanol–water partition coefficient (Wildman–Crippen LogP) is -2.28. The second-order valence-corrected chi connectivity index (χ2v) is 4.26. The summed E-state index contributed by atoms with van der Waals surface area (Å²) in [4.78, 5) is 2.43. The van der Waals surface area contributed by atoms with Crippen molar-refractivity contribution in [2.45, 2.75) is 17.5 Å². The van der Waals surface area contributed by atoms with Crippen LogP contribution >= 0.6 is 0 Å². The minimum absolute atomic E-state index is 0. The summed E-state index contributed by atoms with van der Waals surface area (Å²) in [6, 6.07) is 0. The number of nitrogens with zero attached hydrogens (tertiary/aromatic N) is 3. The molecule has 6 nitrogen and oxygen atoms in total. The fraction of sp³-hybridized carbons (Fsp3) is 0.600. The first-order valence-electron chi connectivity index (χ1n) is 3.82. The fourth-order valence-corrected chi connectivity index (χ4v) is 1.38. The van der Waals surface area contributed by atoms with Gasteiger partial charge in [-0.05, 0) is 0 Å². The van der Waals surface area contributed by atoms with Gasteiger partial charge in [-0.3, -0.25) is 4.18 Å². The first-order valence-corrected chi connectivity index (χ1v) is 5.23. The van der Waals surface area contributed by atoms with Crippen molar-refractivity contribution in [3.05, 3.63) is 5.82 Å². The average molecular weight is 321 g/mol. The number of aromatic nitrogens is 3. The molecule has 0 amide bonds. The van der Waals surface area contributed by atoms with E-state index >= 15 is 0 Å². The van der Waals surface area contributed by atoms with Crippen LogP contribution in [-0.4, -0.2) is 31.4 Å². The average Bonchev–Trinajstić information content (AvgIpc) is 2.62. The zero-order valence-electron chi connectivity index (χ0n) is 8.95. The first kappa shape index (κ1) is 18.6. The van der Waals surface area contributed by atoms with Gasteiger partial charge in [0, 0.05) is 0 Å². The molecule has 1 aromatic heterocycles. The molecule has 0 saturated carbocycles. The topological polar surface area (TPSA) is 83.2 Å². The van der Waals surface area contributed by atoms with Gasteiger partial charge in [-0.25, -0.2) is 0 Å². The van der Waals surface area contributed by atoms with Crippen molar-refractivity contribution < 1.29 is 68.5 Å². The molecule has 0 saturated heterocycles. The van der Waals surface area contributed by atoms with Crippen LogP contribution in [0.4, 0.5) is 26.3 Å². The molecule has 0 radical (unpaired) electrons. The van der Waals surface area contributed by atoms with Gasteiger partial charge in [0.15, 0.2) is 6.61 Å². The number of hydrogen-bond acceptors (Lipinski definition) is 5. The summed E-state index contributed by atoms with van der Waals surface area (Å²) < 4.78 is 96.3. The van der Waals surface area contributed by atoms with Crippen LogP contribution in [0.2, 0.25) is 0 Å². The Balaban J connectivity index is 0.00000324. The molecule has 0 aliphatic heterocycles. The summed E-state index contributed by atoms with van der Waals surface area (Å²) in [5.74, 6) is -1.89. The molecule has 0 spiro atoms. The van der Waals surface area contributed by atoms with Gasteiger partial charge in [0.2, 0.25) is 0 Å². The van der Waals surface area contributed by atoms with Gasteiger partial charge < -0.3 is 15.2 Å². The number of hydrogen-bond donors (Lipinski definition) is 0. The van der Waals surface area contributed by atoms with E-state index in [0.717, 1.165) is 0 Å². The molecular weight excluding hydrogens is 319 g/mol. The predicted molar refractivity (Wildman–Crippen MR) is 39.5 cm³/mol. The van der Waals surface area contributed by atoms with Gasteiger partial charge in [-0.15, -0.1) is 0 Å². The molecule has 0 aromatic carbocycles. The standard InChI is InChI=1S/C5H2F6N3O3S.Na/c6-4(7,8)1-17-18(15,16)3-12-2(13-14-3)5(9,10)11;/h1H2;/q-1;+1. The van der Waals surface area contributed by atoms with E-state index in [4.69, 9.17) is 0 Å². The summed E-state index contributed by atoms with van der Waals surface area (Å²) in [7, 11) is -5.14. The van der Waals surface area contributed by atoms with Crippen LogP contribution in [0.1, 0.15) is 5.82 Å². The zero-order valence-corrected chi connectivity index (χ0v) is 11.8. The monoisotopic (exact) mass is 321 g/mol. The Morgan fingerprint density at radius 3 is 2.00 bits per heavy atom. The van der Waals surface area contributed by atoms with E-state index in [9.17, 15) is 34.8 Å². The molecule has 0 aliphatic carbocycles. The van der Waals surface area contributed by atoms with Crippen molar-refractivity contribution in [3.8, 4) is 0 Å². The molecule has 0 unspecified atom stereocenters. The van der Waals surface area contributed by atoms with Crippen molar-refractivity contribution in [1.82, 2.24) is 15.2 Å². The second-order valence-electron chi connectivity index (χ2n) is 2.75. The van der Waals surface area contributed by atoms with E-state index in [1.807, 2.05) is 0 Å². The minimum atomic E-state index is -5.14. The largest absolute Gasteiger partial charge is 1.00 e. The summed E-state index contributed by atoms with van der Waals surface area (Å²) in [5.41, 5.74) is 0. The second kappa shape index (κ2) is 5.95. The Hall–Kier alpha value is -0.370. The Morgan fingerprint density at radius 2 is 1.63 bits per heavy atom. The fourth-order valence-electron chi connectivity index (χ4n) is 0.649. The quantitative estimate of drug-likeness (QED) is 0.354. The smallest absolute Gasteiger partial charge is 0.344 e. The van der Waals surface area contributed by atoms with Crippen LogP contribution in [0.3, 0.4) is 0 Å². The van der Waals surface area contributed by atoms with Crippen molar-refractivity contribution in [1.29, 1.82) is 0 Å². The normalized spacial score (nSPS) is 13.2. The number of alkyl halides is 6. The molecule has 1 heterocycles. The molecule has 104 valence electrons. The van der Waals surface area contributed by atoms with E-state index in [1.54, 1.807) is 0 Å². The van der Waals surface area contributed by atoms with E-state index < -0.39 is 40.1 Å². The summed E-state index contributed by atoms with van der Waals surface area (Å²) in [6.07, 6.45) is -10.0. The summed E-state index contributed by atoms with van der Waals surface area (Å²) >= 11 is 0. The van der Waals surface area contributed by atoms with Crippen molar-refractivity contribution in [2.75, 3.05) is 6.61 Å². The van der Waals surface area contributed by atoms with Crippen LogP contribution in [0.25, 0.3) is 0 Å². The summed E-state index contributed by atoms with van der Waals surface area (Å²) in [5, 5.41) is 3.28. The van der Waals surface area contributed by atoms with E-state index in [0.29, 0.717) is 0 Å². The molecule has 1 rings (SSSR count). The van der Waals surface area contributed by atoms with E-state index in [1.165, 1.54) is 0 Å².